The highest BCUT2D eigenvalue weighted by Gasteiger charge is 2.12. The van der Waals surface area contributed by atoms with E-state index in [4.69, 9.17) is 5.41 Å². The van der Waals surface area contributed by atoms with Crippen LogP contribution in [0, 0.1) is 5.41 Å². The fourth-order valence-corrected chi connectivity index (χ4v) is 3.75. The van der Waals surface area contributed by atoms with Crippen LogP contribution in [0.3, 0.4) is 0 Å². The smallest absolute Gasteiger partial charge is 0.154 e. The van der Waals surface area contributed by atoms with Gasteiger partial charge in [-0.05, 0) is 61.7 Å². The SMILES string of the molecule is CC(C)c1cnnc(Nc2ccc3ncc(/C(C=N)=C/N/C=C(\F)CN4CCCC4)cc3n2)c1. The van der Waals surface area contributed by atoms with Gasteiger partial charge in [-0.1, -0.05) is 13.8 Å². The first-order valence-electron chi connectivity index (χ1n) is 11.4. The zero-order valence-electron chi connectivity index (χ0n) is 19.4. The van der Waals surface area contributed by atoms with Crippen molar-refractivity contribution >= 4 is 34.5 Å². The van der Waals surface area contributed by atoms with E-state index in [0.717, 1.165) is 37.0 Å². The number of fused-ring (bicyclic) bond motifs is 1. The van der Waals surface area contributed by atoms with Gasteiger partial charge in [-0.25, -0.2) is 9.37 Å². The van der Waals surface area contributed by atoms with Crippen molar-refractivity contribution in [1.29, 1.82) is 5.41 Å². The van der Waals surface area contributed by atoms with Crippen LogP contribution >= 0.6 is 0 Å². The summed E-state index contributed by atoms with van der Waals surface area (Å²) in [5.74, 6) is 1.35. The molecule has 1 saturated heterocycles. The second-order valence-corrected chi connectivity index (χ2v) is 8.60. The number of nitrogens with one attached hydrogen (secondary N) is 3. The van der Waals surface area contributed by atoms with Crippen LogP contribution in [-0.2, 0) is 0 Å². The molecule has 176 valence electrons. The van der Waals surface area contributed by atoms with Gasteiger partial charge in [0.05, 0.1) is 23.8 Å². The highest BCUT2D eigenvalue weighted by Crippen LogP contribution is 2.21. The van der Waals surface area contributed by atoms with Crippen molar-refractivity contribution in [3.05, 3.63) is 66.0 Å². The Morgan fingerprint density at radius 2 is 1.94 bits per heavy atom. The molecule has 0 amide bonds. The molecule has 8 nitrogen and oxygen atoms in total. The summed E-state index contributed by atoms with van der Waals surface area (Å²) < 4.78 is 14.1. The zero-order chi connectivity index (χ0) is 23.9. The number of hydrogen-bond acceptors (Lipinski definition) is 8. The van der Waals surface area contributed by atoms with Gasteiger partial charge in [0.15, 0.2) is 5.82 Å². The van der Waals surface area contributed by atoms with Crippen LogP contribution in [-0.4, -0.2) is 50.9 Å². The molecule has 0 unspecified atom stereocenters. The van der Waals surface area contributed by atoms with Gasteiger partial charge >= 0.3 is 0 Å². The Bertz CT molecular complexity index is 1210. The summed E-state index contributed by atoms with van der Waals surface area (Å²) in [6.45, 7) is 6.38. The molecule has 0 bridgehead atoms. The minimum Gasteiger partial charge on any atom is -0.365 e. The predicted octanol–water partition coefficient (Wildman–Crippen LogP) is 4.77. The third kappa shape index (κ3) is 5.99. The average molecular weight is 461 g/mol. The lowest BCUT2D eigenvalue weighted by molar-refractivity contribution is 0.338. The Morgan fingerprint density at radius 1 is 1.12 bits per heavy atom. The van der Waals surface area contributed by atoms with Gasteiger partial charge in [-0.3, -0.25) is 9.88 Å². The van der Waals surface area contributed by atoms with E-state index in [2.05, 4.69) is 49.5 Å². The molecule has 9 heteroatoms. The monoisotopic (exact) mass is 460 g/mol. The van der Waals surface area contributed by atoms with E-state index in [1.807, 2.05) is 24.3 Å². The van der Waals surface area contributed by atoms with Crippen molar-refractivity contribution < 1.29 is 4.39 Å². The van der Waals surface area contributed by atoms with Gasteiger partial charge in [-0.2, -0.15) is 5.10 Å². The van der Waals surface area contributed by atoms with E-state index >= 15 is 0 Å². The molecule has 0 aromatic carbocycles. The molecule has 34 heavy (non-hydrogen) atoms. The molecular formula is C25H29FN8. The molecule has 1 aliphatic heterocycles. The lowest BCUT2D eigenvalue weighted by Crippen LogP contribution is -2.21. The van der Waals surface area contributed by atoms with Gasteiger partial charge in [0.1, 0.15) is 11.6 Å². The number of aromatic nitrogens is 4. The van der Waals surface area contributed by atoms with E-state index in [9.17, 15) is 4.39 Å². The average Bonchev–Trinajstić information content (AvgIpc) is 3.34. The third-order valence-corrected chi connectivity index (χ3v) is 5.68. The van der Waals surface area contributed by atoms with Crippen LogP contribution in [0.15, 0.2) is 54.9 Å². The highest BCUT2D eigenvalue weighted by atomic mass is 19.1. The van der Waals surface area contributed by atoms with Crippen molar-refractivity contribution in [2.75, 3.05) is 25.0 Å². The lowest BCUT2D eigenvalue weighted by Gasteiger charge is -2.12. The molecule has 0 atom stereocenters. The molecular weight excluding hydrogens is 431 g/mol. The van der Waals surface area contributed by atoms with Crippen molar-refractivity contribution in [2.45, 2.75) is 32.6 Å². The molecule has 0 radical (unpaired) electrons. The van der Waals surface area contributed by atoms with Crippen LogP contribution in [0.1, 0.15) is 43.7 Å². The van der Waals surface area contributed by atoms with Crippen LogP contribution in [0.2, 0.25) is 0 Å². The molecule has 0 saturated carbocycles. The van der Waals surface area contributed by atoms with E-state index in [-0.39, 0.29) is 5.83 Å². The molecule has 4 rings (SSSR count). The largest absolute Gasteiger partial charge is 0.365 e. The Hall–Kier alpha value is -3.72. The predicted molar refractivity (Wildman–Crippen MR) is 134 cm³/mol. The Labute approximate surface area is 198 Å². The molecule has 1 aliphatic rings. The minimum absolute atomic E-state index is 0.235. The molecule has 0 spiro atoms. The van der Waals surface area contributed by atoms with Crippen LogP contribution in [0.5, 0.6) is 0 Å². The normalized spacial score (nSPS) is 15.2. The number of halogens is 1. The Morgan fingerprint density at radius 3 is 2.71 bits per heavy atom. The summed E-state index contributed by atoms with van der Waals surface area (Å²) >= 11 is 0. The minimum atomic E-state index is -0.235. The number of allylic oxidation sites excluding steroid dienone is 1. The van der Waals surface area contributed by atoms with E-state index in [1.165, 1.54) is 12.4 Å². The maximum absolute atomic E-state index is 14.1. The van der Waals surface area contributed by atoms with E-state index in [1.54, 1.807) is 18.6 Å². The molecule has 4 heterocycles. The van der Waals surface area contributed by atoms with Gasteiger partial charge < -0.3 is 16.0 Å². The highest BCUT2D eigenvalue weighted by molar-refractivity contribution is 6.08. The Kier molecular flexibility index (Phi) is 7.54. The zero-order valence-corrected chi connectivity index (χ0v) is 19.4. The summed E-state index contributed by atoms with van der Waals surface area (Å²) in [5.41, 5.74) is 3.75. The first-order chi connectivity index (χ1) is 16.5. The van der Waals surface area contributed by atoms with Crippen LogP contribution < -0.4 is 10.6 Å². The number of pyridine rings is 2. The first kappa shape index (κ1) is 23.4. The quantitative estimate of drug-likeness (QED) is 0.395. The van der Waals surface area contributed by atoms with Crippen molar-refractivity contribution in [3.63, 3.8) is 0 Å². The maximum Gasteiger partial charge on any atom is 0.154 e. The fraction of sp³-hybridized carbons (Fsp3) is 0.320. The molecule has 3 N–H and O–H groups in total. The summed E-state index contributed by atoms with van der Waals surface area (Å²) in [7, 11) is 0. The van der Waals surface area contributed by atoms with E-state index < -0.39 is 0 Å². The van der Waals surface area contributed by atoms with Gasteiger partial charge in [0.25, 0.3) is 0 Å². The van der Waals surface area contributed by atoms with E-state index in [0.29, 0.717) is 40.8 Å². The summed E-state index contributed by atoms with van der Waals surface area (Å²) in [6.07, 6.45) is 9.81. The van der Waals surface area contributed by atoms with Crippen LogP contribution in [0.25, 0.3) is 16.6 Å². The first-order valence-corrected chi connectivity index (χ1v) is 11.4. The standard InChI is InChI=1S/C25H29FN8/c1-17(2)18-10-25(33-30-14-18)32-24-6-5-22-23(31-24)9-19(13-29-22)20(11-27)12-28-15-21(26)16-34-7-3-4-8-34/h5-6,9-15,17,27-28H,3-4,7-8,16H2,1-2H3,(H,31,32,33)/b20-12+,21-15-,27-11?. The number of anilines is 2. The summed E-state index contributed by atoms with van der Waals surface area (Å²) in [6, 6.07) is 7.51. The molecule has 3 aromatic heterocycles. The second-order valence-electron chi connectivity index (χ2n) is 8.60. The molecule has 1 fully saturated rings. The van der Waals surface area contributed by atoms with Gasteiger partial charge in [0.2, 0.25) is 0 Å². The fourth-order valence-electron chi connectivity index (χ4n) is 3.75. The summed E-state index contributed by atoms with van der Waals surface area (Å²) in [5, 5.41) is 22.0. The number of nitrogens with zero attached hydrogens (tertiary/aromatic N) is 5. The summed E-state index contributed by atoms with van der Waals surface area (Å²) in [4.78, 5) is 11.2. The number of hydrogen-bond donors (Lipinski definition) is 3. The Balaban J connectivity index is 1.50. The number of rotatable bonds is 9. The topological polar surface area (TPSA) is 103 Å². The second kappa shape index (κ2) is 10.9. The third-order valence-electron chi connectivity index (χ3n) is 5.68. The number of likely N-dealkylation sites (tertiary alicyclic amines) is 1. The van der Waals surface area contributed by atoms with Crippen molar-refractivity contribution in [1.82, 2.24) is 30.4 Å². The van der Waals surface area contributed by atoms with Crippen molar-refractivity contribution in [2.24, 2.45) is 0 Å². The molecule has 3 aromatic rings. The van der Waals surface area contributed by atoms with Gasteiger partial charge in [0, 0.05) is 35.9 Å². The molecule has 0 aliphatic carbocycles. The lowest BCUT2D eigenvalue weighted by atomic mass is 10.1. The van der Waals surface area contributed by atoms with Gasteiger partial charge in [-0.15, -0.1) is 5.10 Å². The van der Waals surface area contributed by atoms with Crippen LogP contribution in [0.4, 0.5) is 16.0 Å². The van der Waals surface area contributed by atoms with Crippen molar-refractivity contribution in [3.8, 4) is 0 Å². The maximum atomic E-state index is 14.1.